The van der Waals surface area contributed by atoms with E-state index in [1.165, 1.54) is 4.90 Å². The summed E-state index contributed by atoms with van der Waals surface area (Å²) in [6, 6.07) is 5.18. The van der Waals surface area contributed by atoms with Gasteiger partial charge >= 0.3 is 5.92 Å². The molecular weight excluding hydrogens is 440 g/mol. The number of nitrogens with zero attached hydrogens (tertiary/aromatic N) is 3. The molecule has 2 atom stereocenters. The van der Waals surface area contributed by atoms with Crippen LogP contribution in [0.3, 0.4) is 0 Å². The van der Waals surface area contributed by atoms with E-state index in [-0.39, 0.29) is 12.8 Å². The molecule has 3 heterocycles. The summed E-state index contributed by atoms with van der Waals surface area (Å²) in [4.78, 5) is 5.49. The second kappa shape index (κ2) is 8.95. The van der Waals surface area contributed by atoms with E-state index in [9.17, 15) is 10.2 Å². The fourth-order valence-corrected chi connectivity index (χ4v) is 6.57. The Morgan fingerprint density at radius 2 is 1.88 bits per heavy atom. The monoisotopic (exact) mass is 477 g/mol. The minimum atomic E-state index is -3.70. The predicted octanol–water partition coefficient (Wildman–Crippen LogP) is 4.91. The van der Waals surface area contributed by atoms with Gasteiger partial charge in [0.15, 0.2) is 6.23 Å². The molecule has 0 bridgehead atoms. The lowest BCUT2D eigenvalue weighted by atomic mass is 9.58. The number of halogens is 2. The van der Waals surface area contributed by atoms with Gasteiger partial charge in [-0.1, -0.05) is 38.9 Å². The van der Waals surface area contributed by atoms with Gasteiger partial charge in [0, 0.05) is 31.4 Å². The van der Waals surface area contributed by atoms with Crippen molar-refractivity contribution in [2.45, 2.75) is 96.4 Å². The maximum absolute atomic E-state index is 15.8. The van der Waals surface area contributed by atoms with Gasteiger partial charge in [-0.2, -0.15) is 8.78 Å². The van der Waals surface area contributed by atoms with Crippen LogP contribution in [-0.2, 0) is 12.8 Å². The van der Waals surface area contributed by atoms with Crippen molar-refractivity contribution in [3.05, 3.63) is 47.6 Å². The van der Waals surface area contributed by atoms with Crippen molar-refractivity contribution in [2.24, 2.45) is 10.8 Å². The van der Waals surface area contributed by atoms with Crippen molar-refractivity contribution in [1.82, 2.24) is 15.0 Å². The molecule has 188 valence electrons. The standard InChI is InChI=1S/C26H37F2N3O3/c1-23(2)15-24(3,4)17-25(33,16-23)26(27,28)22(32)31-12-6-8-21(31)20-13-19(34-30-20)10-9-18-7-5-11-29-14-18/h5,7,11,13-14,21-22,32-33H,6,8-10,12,15-17H2,1-4H3/t21-,22?/m0/s1. The average molecular weight is 478 g/mol. The molecular formula is C26H37F2N3O3. The third kappa shape index (κ3) is 5.04. The number of hydrogen-bond acceptors (Lipinski definition) is 6. The fourth-order valence-electron chi connectivity index (χ4n) is 6.57. The van der Waals surface area contributed by atoms with E-state index in [4.69, 9.17) is 4.52 Å². The smallest absolute Gasteiger partial charge is 0.314 e. The van der Waals surface area contributed by atoms with Gasteiger partial charge in [0.1, 0.15) is 17.1 Å². The number of pyridine rings is 1. The first kappa shape index (κ1) is 25.2. The molecule has 1 saturated carbocycles. The Balaban J connectivity index is 1.50. The molecule has 0 amide bonds. The molecule has 2 aromatic heterocycles. The molecule has 1 unspecified atom stereocenters. The van der Waals surface area contributed by atoms with Gasteiger partial charge in [0.2, 0.25) is 0 Å². The van der Waals surface area contributed by atoms with E-state index in [2.05, 4.69) is 10.1 Å². The van der Waals surface area contributed by atoms with Crippen LogP contribution in [0.4, 0.5) is 8.78 Å². The summed E-state index contributed by atoms with van der Waals surface area (Å²) in [7, 11) is 0. The zero-order chi connectivity index (χ0) is 24.8. The van der Waals surface area contributed by atoms with E-state index in [0.29, 0.717) is 37.3 Å². The lowest BCUT2D eigenvalue weighted by Crippen LogP contribution is -2.64. The Hall–Kier alpha value is -1.90. The zero-order valence-electron chi connectivity index (χ0n) is 20.6. The molecule has 2 N–H and O–H groups in total. The summed E-state index contributed by atoms with van der Waals surface area (Å²) in [5.41, 5.74) is -1.59. The molecule has 2 fully saturated rings. The number of hydrogen-bond donors (Lipinski definition) is 2. The number of aryl methyl sites for hydroxylation is 2. The Kier molecular flexibility index (Phi) is 6.64. The van der Waals surface area contributed by atoms with Gasteiger partial charge in [-0.25, -0.2) is 0 Å². The summed E-state index contributed by atoms with van der Waals surface area (Å²) in [5, 5.41) is 26.4. The highest BCUT2D eigenvalue weighted by Gasteiger charge is 2.64. The molecule has 0 spiro atoms. The minimum absolute atomic E-state index is 0.0611. The topological polar surface area (TPSA) is 82.6 Å². The molecule has 1 aliphatic heterocycles. The van der Waals surface area contributed by atoms with E-state index in [0.717, 1.165) is 18.4 Å². The second-order valence-corrected chi connectivity index (χ2v) is 11.9. The van der Waals surface area contributed by atoms with Crippen LogP contribution in [0, 0.1) is 10.8 Å². The van der Waals surface area contributed by atoms with Crippen LogP contribution < -0.4 is 0 Å². The highest BCUT2D eigenvalue weighted by Crippen LogP contribution is 2.56. The molecule has 8 heteroatoms. The quantitative estimate of drug-likeness (QED) is 0.590. The largest absolute Gasteiger partial charge is 0.383 e. The van der Waals surface area contributed by atoms with E-state index < -0.39 is 34.6 Å². The van der Waals surface area contributed by atoms with E-state index in [1.54, 1.807) is 18.5 Å². The Bertz CT molecular complexity index is 961. The maximum atomic E-state index is 15.8. The molecule has 1 aliphatic carbocycles. The van der Waals surface area contributed by atoms with Crippen LogP contribution >= 0.6 is 0 Å². The van der Waals surface area contributed by atoms with Crippen molar-refractivity contribution in [3.63, 3.8) is 0 Å². The second-order valence-electron chi connectivity index (χ2n) is 11.9. The Morgan fingerprint density at radius 1 is 1.18 bits per heavy atom. The molecule has 2 aliphatic rings. The van der Waals surface area contributed by atoms with Gasteiger partial charge in [-0.3, -0.25) is 9.88 Å². The number of likely N-dealkylation sites (tertiary alicyclic amines) is 1. The summed E-state index contributed by atoms with van der Waals surface area (Å²) in [5.74, 6) is -3.03. The fraction of sp³-hybridized carbons (Fsp3) is 0.692. The third-order valence-corrected chi connectivity index (χ3v) is 7.35. The minimum Gasteiger partial charge on any atom is -0.383 e. The Labute approximate surface area is 200 Å². The van der Waals surface area contributed by atoms with Gasteiger partial charge < -0.3 is 14.7 Å². The first-order valence-corrected chi connectivity index (χ1v) is 12.2. The number of aromatic nitrogens is 2. The van der Waals surface area contributed by atoms with Crippen LogP contribution in [-0.4, -0.2) is 49.5 Å². The van der Waals surface area contributed by atoms with Gasteiger partial charge in [-0.05, 0) is 61.0 Å². The summed E-state index contributed by atoms with van der Waals surface area (Å²) in [6.45, 7) is 7.93. The third-order valence-electron chi connectivity index (χ3n) is 7.35. The van der Waals surface area contributed by atoms with E-state index >= 15 is 8.78 Å². The summed E-state index contributed by atoms with van der Waals surface area (Å²) >= 11 is 0. The summed E-state index contributed by atoms with van der Waals surface area (Å²) in [6.07, 6.45) is 4.63. The predicted molar refractivity (Wildman–Crippen MR) is 124 cm³/mol. The Morgan fingerprint density at radius 3 is 2.53 bits per heavy atom. The van der Waals surface area contributed by atoms with Crippen molar-refractivity contribution in [3.8, 4) is 0 Å². The first-order chi connectivity index (χ1) is 15.8. The zero-order valence-corrected chi connectivity index (χ0v) is 20.6. The SMILES string of the molecule is CC1(C)CC(C)(C)CC(O)(C(F)(F)C(O)N2CCC[C@H]2c2cc(CCc3cccnc3)on2)C1. The van der Waals surface area contributed by atoms with Crippen molar-refractivity contribution in [1.29, 1.82) is 0 Å². The molecule has 1 saturated heterocycles. The molecule has 2 aromatic rings. The van der Waals surface area contributed by atoms with Crippen LogP contribution in [0.25, 0.3) is 0 Å². The first-order valence-electron chi connectivity index (χ1n) is 12.2. The number of aliphatic hydroxyl groups excluding tert-OH is 1. The van der Waals surface area contributed by atoms with Crippen molar-refractivity contribution < 1.29 is 23.5 Å². The average Bonchev–Trinajstić information content (AvgIpc) is 3.39. The summed E-state index contributed by atoms with van der Waals surface area (Å²) < 4.78 is 37.2. The normalized spacial score (nSPS) is 25.4. The highest BCUT2D eigenvalue weighted by molar-refractivity contribution is 5.16. The van der Waals surface area contributed by atoms with Gasteiger partial charge in [-0.15, -0.1) is 0 Å². The molecule has 0 aromatic carbocycles. The molecule has 6 nitrogen and oxygen atoms in total. The molecule has 4 rings (SSSR count). The lowest BCUT2D eigenvalue weighted by molar-refractivity contribution is -0.292. The number of alkyl halides is 2. The lowest BCUT2D eigenvalue weighted by Gasteiger charge is -2.53. The van der Waals surface area contributed by atoms with Gasteiger partial charge in [0.05, 0.1) is 6.04 Å². The highest BCUT2D eigenvalue weighted by atomic mass is 19.3. The van der Waals surface area contributed by atoms with Gasteiger partial charge in [0.25, 0.3) is 0 Å². The van der Waals surface area contributed by atoms with Crippen molar-refractivity contribution >= 4 is 0 Å². The van der Waals surface area contributed by atoms with Crippen LogP contribution in [0.1, 0.15) is 82.9 Å². The van der Waals surface area contributed by atoms with Crippen LogP contribution in [0.5, 0.6) is 0 Å². The van der Waals surface area contributed by atoms with Crippen LogP contribution in [0.2, 0.25) is 0 Å². The van der Waals surface area contributed by atoms with E-state index in [1.807, 2.05) is 39.8 Å². The molecule has 0 radical (unpaired) electrons. The van der Waals surface area contributed by atoms with Crippen LogP contribution in [0.15, 0.2) is 35.1 Å². The van der Waals surface area contributed by atoms with Crippen molar-refractivity contribution in [2.75, 3.05) is 6.54 Å². The number of rotatable bonds is 7. The molecule has 34 heavy (non-hydrogen) atoms. The maximum Gasteiger partial charge on any atom is 0.314 e. The number of aliphatic hydroxyl groups is 2.